The molecular weight excluding hydrogens is 276 g/mol. The van der Waals surface area contributed by atoms with Crippen molar-refractivity contribution in [2.24, 2.45) is 5.92 Å². The third kappa shape index (κ3) is 2.94. The summed E-state index contributed by atoms with van der Waals surface area (Å²) in [6.45, 7) is 7.58. The van der Waals surface area contributed by atoms with E-state index in [1.54, 1.807) is 0 Å². The quantitative estimate of drug-likeness (QED) is 0.547. The number of carbonyl (C=O) groups is 3. The molecule has 2 N–H and O–H groups in total. The van der Waals surface area contributed by atoms with Crippen LogP contribution in [0.2, 0.25) is 0 Å². The van der Waals surface area contributed by atoms with Crippen molar-refractivity contribution in [3.05, 3.63) is 0 Å². The molecule has 0 aromatic rings. The van der Waals surface area contributed by atoms with Crippen molar-refractivity contribution in [3.8, 4) is 0 Å². The van der Waals surface area contributed by atoms with Gasteiger partial charge in [0.25, 0.3) is 11.8 Å². The summed E-state index contributed by atoms with van der Waals surface area (Å²) < 4.78 is 0. The highest BCUT2D eigenvalue weighted by Crippen LogP contribution is 2.40. The summed E-state index contributed by atoms with van der Waals surface area (Å²) in [5, 5.41) is 10.3. The Bertz CT molecular complexity index is 452. The summed E-state index contributed by atoms with van der Waals surface area (Å²) >= 11 is 0. The molecule has 0 aromatic heterocycles. The van der Waals surface area contributed by atoms with Crippen LogP contribution in [0.3, 0.4) is 0 Å². The van der Waals surface area contributed by atoms with Gasteiger partial charge in [-0.25, -0.2) is 4.79 Å². The molecule has 0 unspecified atom stereocenters. The number of hydrogen-bond donors (Lipinski definition) is 0. The van der Waals surface area contributed by atoms with E-state index in [4.69, 9.17) is 10.0 Å². The maximum absolute atomic E-state index is 12.3. The standard InChI is InChI=1S/C14H22N2O5/c1-13(2)7-9(8-14(3,4)16(13)20)12(19)21-15-10(17)5-6-11(15)18/h9,20H,5-8H2,1-4H3/p+1. The highest BCUT2D eigenvalue weighted by Gasteiger charge is 2.51. The lowest BCUT2D eigenvalue weighted by atomic mass is 9.75. The lowest BCUT2D eigenvalue weighted by Crippen LogP contribution is -2.60. The zero-order valence-electron chi connectivity index (χ0n) is 12.9. The number of rotatable bonds is 2. The van der Waals surface area contributed by atoms with Crippen molar-refractivity contribution in [2.75, 3.05) is 0 Å². The van der Waals surface area contributed by atoms with E-state index in [2.05, 4.69) is 0 Å². The zero-order chi connectivity index (χ0) is 16.0. The Morgan fingerprint density at radius 1 is 1.10 bits per heavy atom. The van der Waals surface area contributed by atoms with E-state index in [0.29, 0.717) is 17.9 Å². The fourth-order valence-corrected chi connectivity index (χ4v) is 3.27. The molecule has 2 heterocycles. The summed E-state index contributed by atoms with van der Waals surface area (Å²) in [6.07, 6.45) is 1.09. The Balaban J connectivity index is 2.09. The second-order valence-corrected chi connectivity index (χ2v) is 7.06. The Hall–Kier alpha value is -1.47. The van der Waals surface area contributed by atoms with E-state index in [9.17, 15) is 14.4 Å². The number of amides is 2. The molecule has 0 radical (unpaired) electrons. The number of hydrogen-bond acceptors (Lipinski definition) is 5. The van der Waals surface area contributed by atoms with Gasteiger partial charge in [-0.2, -0.15) is 0 Å². The van der Waals surface area contributed by atoms with Crippen LogP contribution in [0.1, 0.15) is 53.4 Å². The van der Waals surface area contributed by atoms with Gasteiger partial charge in [0.2, 0.25) is 0 Å². The summed E-state index contributed by atoms with van der Waals surface area (Å²) in [5.41, 5.74) is -0.963. The van der Waals surface area contributed by atoms with E-state index in [1.807, 2.05) is 27.7 Å². The van der Waals surface area contributed by atoms with Crippen molar-refractivity contribution >= 4 is 17.8 Å². The van der Waals surface area contributed by atoms with Crippen LogP contribution in [-0.4, -0.2) is 44.2 Å². The van der Waals surface area contributed by atoms with Gasteiger partial charge in [-0.1, -0.05) is 5.06 Å². The van der Waals surface area contributed by atoms with Crippen LogP contribution in [0.4, 0.5) is 0 Å². The van der Waals surface area contributed by atoms with Crippen molar-refractivity contribution in [1.29, 1.82) is 0 Å². The summed E-state index contributed by atoms with van der Waals surface area (Å²) in [7, 11) is 0. The topological polar surface area (TPSA) is 89.8 Å². The first-order chi connectivity index (χ1) is 9.54. The minimum atomic E-state index is -0.562. The van der Waals surface area contributed by atoms with Gasteiger partial charge in [0.15, 0.2) is 0 Å². The Kier molecular flexibility index (Phi) is 3.84. The van der Waals surface area contributed by atoms with E-state index >= 15 is 0 Å². The molecule has 0 bridgehead atoms. The third-order valence-corrected chi connectivity index (χ3v) is 4.22. The van der Waals surface area contributed by atoms with Crippen molar-refractivity contribution in [3.63, 3.8) is 0 Å². The van der Waals surface area contributed by atoms with Crippen LogP contribution in [0.25, 0.3) is 0 Å². The predicted octanol–water partition coefficient (Wildman–Crippen LogP) is 0.502. The Morgan fingerprint density at radius 2 is 1.52 bits per heavy atom. The molecule has 2 saturated heterocycles. The smallest absolute Gasteiger partial charge is 0.336 e. The normalized spacial score (nSPS) is 26.2. The number of imide groups is 1. The fraction of sp³-hybridized carbons (Fsp3) is 0.786. The average molecular weight is 299 g/mol. The predicted molar refractivity (Wildman–Crippen MR) is 73.5 cm³/mol. The first-order valence-electron chi connectivity index (χ1n) is 7.14. The van der Waals surface area contributed by atoms with Crippen LogP contribution in [0.5, 0.6) is 0 Å². The highest BCUT2D eigenvalue weighted by atomic mass is 16.7. The number of hydroxylamine groups is 4. The molecule has 0 saturated carbocycles. The minimum absolute atomic E-state index is 0.0915. The monoisotopic (exact) mass is 299 g/mol. The van der Waals surface area contributed by atoms with Gasteiger partial charge in [0.1, 0.15) is 0 Å². The molecular formula is C14H23N2O5+. The molecule has 0 aromatic carbocycles. The first kappa shape index (κ1) is 15.9. The van der Waals surface area contributed by atoms with E-state index < -0.39 is 34.8 Å². The maximum atomic E-state index is 12.3. The van der Waals surface area contributed by atoms with Gasteiger partial charge in [-0.3, -0.25) is 9.59 Å². The van der Waals surface area contributed by atoms with Gasteiger partial charge in [-0.05, 0) is 40.5 Å². The molecule has 2 amide bonds. The van der Waals surface area contributed by atoms with Crippen LogP contribution in [-0.2, 0) is 19.2 Å². The molecule has 2 fully saturated rings. The van der Waals surface area contributed by atoms with E-state index in [0.717, 1.165) is 0 Å². The minimum Gasteiger partial charge on any atom is -0.338 e. The van der Waals surface area contributed by atoms with Crippen LogP contribution >= 0.6 is 0 Å². The largest absolute Gasteiger partial charge is 0.338 e. The van der Waals surface area contributed by atoms with E-state index in [-0.39, 0.29) is 12.8 Å². The highest BCUT2D eigenvalue weighted by molar-refractivity contribution is 6.01. The third-order valence-electron chi connectivity index (χ3n) is 4.22. The molecule has 7 nitrogen and oxygen atoms in total. The van der Waals surface area contributed by atoms with Gasteiger partial charge in [0, 0.05) is 12.8 Å². The number of piperidine rings is 1. The Morgan fingerprint density at radius 3 is 1.95 bits per heavy atom. The van der Waals surface area contributed by atoms with Gasteiger partial charge in [-0.15, -0.1) is 5.06 Å². The maximum Gasteiger partial charge on any atom is 0.336 e. The molecule has 2 aliphatic rings. The van der Waals surface area contributed by atoms with Crippen molar-refractivity contribution < 1.29 is 24.4 Å². The lowest BCUT2D eigenvalue weighted by Gasteiger charge is -2.46. The average Bonchev–Trinajstić information content (AvgIpc) is 2.66. The van der Waals surface area contributed by atoms with Gasteiger partial charge >= 0.3 is 5.97 Å². The fourth-order valence-electron chi connectivity index (χ4n) is 3.27. The molecule has 2 aliphatic heterocycles. The second kappa shape index (κ2) is 5.06. The van der Waals surface area contributed by atoms with Crippen molar-refractivity contribution in [2.45, 2.75) is 64.5 Å². The van der Waals surface area contributed by atoms with Crippen LogP contribution in [0.15, 0.2) is 0 Å². The lowest BCUT2D eigenvalue weighted by molar-refractivity contribution is -0.255. The van der Waals surface area contributed by atoms with E-state index in [1.165, 1.54) is 5.06 Å². The second-order valence-electron chi connectivity index (χ2n) is 7.06. The molecule has 7 heteroatoms. The summed E-state index contributed by atoms with van der Waals surface area (Å²) in [4.78, 5) is 40.3. The molecule has 21 heavy (non-hydrogen) atoms. The first-order valence-corrected chi connectivity index (χ1v) is 7.14. The molecule has 2 rings (SSSR count). The number of carbonyl (C=O) groups excluding carboxylic acids is 3. The van der Waals surface area contributed by atoms with Crippen molar-refractivity contribution in [1.82, 2.24) is 10.1 Å². The van der Waals surface area contributed by atoms with Crippen LogP contribution < -0.4 is 0 Å². The number of nitrogens with zero attached hydrogens (tertiary/aromatic N) is 2. The van der Waals surface area contributed by atoms with Gasteiger partial charge < -0.3 is 10.0 Å². The van der Waals surface area contributed by atoms with Gasteiger partial charge in [0.05, 0.1) is 17.0 Å². The zero-order valence-corrected chi connectivity index (χ0v) is 12.9. The molecule has 0 atom stereocenters. The molecule has 0 spiro atoms. The SMILES string of the molecule is CC1(C)CC(C(=O)ON2C(=O)CCC2=O)CC(C)(C)N1[OH2+]. The molecule has 0 aliphatic carbocycles. The Labute approximate surface area is 123 Å². The summed E-state index contributed by atoms with van der Waals surface area (Å²) in [5.74, 6) is -1.93. The summed E-state index contributed by atoms with van der Waals surface area (Å²) in [6, 6.07) is 0. The van der Waals surface area contributed by atoms with Crippen LogP contribution in [0, 0.1) is 5.92 Å². The molecule has 118 valence electrons.